The fourth-order valence-corrected chi connectivity index (χ4v) is 3.86. The van der Waals surface area contributed by atoms with Gasteiger partial charge >= 0.3 is 0 Å². The SMILES string of the molecule is CCNC(=NCC(C)N1CCOCC1)N1CCC(COCc2ccccc2)C1.I. The highest BCUT2D eigenvalue weighted by atomic mass is 127. The molecule has 0 aliphatic carbocycles. The van der Waals surface area contributed by atoms with Crippen LogP contribution >= 0.6 is 24.0 Å². The first kappa shape index (κ1) is 24.4. The third-order valence-electron chi connectivity index (χ3n) is 5.56. The van der Waals surface area contributed by atoms with Crippen LogP contribution in [0.2, 0.25) is 0 Å². The molecule has 0 saturated carbocycles. The van der Waals surface area contributed by atoms with Crippen LogP contribution in [0, 0.1) is 5.92 Å². The van der Waals surface area contributed by atoms with Crippen LogP contribution in [0.25, 0.3) is 0 Å². The summed E-state index contributed by atoms with van der Waals surface area (Å²) in [6.45, 7) is 13.4. The summed E-state index contributed by atoms with van der Waals surface area (Å²) in [6.07, 6.45) is 1.16. The monoisotopic (exact) mass is 516 g/mol. The van der Waals surface area contributed by atoms with Crippen molar-refractivity contribution >= 4 is 29.9 Å². The van der Waals surface area contributed by atoms with Gasteiger partial charge in [0.15, 0.2) is 5.96 Å². The lowest BCUT2D eigenvalue weighted by Gasteiger charge is -2.31. The van der Waals surface area contributed by atoms with Crippen molar-refractivity contribution in [3.05, 3.63) is 35.9 Å². The van der Waals surface area contributed by atoms with Crippen molar-refractivity contribution in [2.45, 2.75) is 32.9 Å². The second-order valence-electron chi connectivity index (χ2n) is 7.79. The molecule has 0 bridgehead atoms. The van der Waals surface area contributed by atoms with Gasteiger partial charge in [-0.2, -0.15) is 0 Å². The van der Waals surface area contributed by atoms with Crippen LogP contribution in [-0.4, -0.2) is 80.9 Å². The van der Waals surface area contributed by atoms with Crippen LogP contribution in [0.15, 0.2) is 35.3 Å². The summed E-state index contributed by atoms with van der Waals surface area (Å²) in [5, 5.41) is 3.48. The Kier molecular flexibility index (Phi) is 11.3. The Labute approximate surface area is 193 Å². The quantitative estimate of drug-likeness (QED) is 0.327. The molecule has 1 N–H and O–H groups in total. The van der Waals surface area contributed by atoms with Gasteiger partial charge in [-0.3, -0.25) is 9.89 Å². The maximum atomic E-state index is 5.96. The van der Waals surface area contributed by atoms with E-state index in [0.29, 0.717) is 18.6 Å². The normalized spacial score (nSPS) is 21.7. The van der Waals surface area contributed by atoms with Gasteiger partial charge in [-0.1, -0.05) is 30.3 Å². The van der Waals surface area contributed by atoms with Crippen LogP contribution in [-0.2, 0) is 16.1 Å². The predicted octanol–water partition coefficient (Wildman–Crippen LogP) is 2.83. The fraction of sp³-hybridized carbons (Fsp3) is 0.682. The lowest BCUT2D eigenvalue weighted by Crippen LogP contribution is -2.45. The molecule has 0 radical (unpaired) electrons. The van der Waals surface area contributed by atoms with Crippen LogP contribution in [0.1, 0.15) is 25.8 Å². The van der Waals surface area contributed by atoms with Crippen molar-refractivity contribution in [2.24, 2.45) is 10.9 Å². The first-order chi connectivity index (χ1) is 13.8. The van der Waals surface area contributed by atoms with Gasteiger partial charge in [0, 0.05) is 44.7 Å². The van der Waals surface area contributed by atoms with Crippen LogP contribution in [0.3, 0.4) is 0 Å². The highest BCUT2D eigenvalue weighted by molar-refractivity contribution is 14.0. The summed E-state index contributed by atoms with van der Waals surface area (Å²) >= 11 is 0. The van der Waals surface area contributed by atoms with E-state index in [4.69, 9.17) is 14.5 Å². The standard InChI is InChI=1S/C22H36N4O2.HI/c1-3-23-22(24-15-19(2)25-11-13-27-14-12-25)26-10-9-21(16-26)18-28-17-20-7-5-4-6-8-20;/h4-8,19,21H,3,9-18H2,1-2H3,(H,23,24);1H. The van der Waals surface area contributed by atoms with E-state index in [1.54, 1.807) is 0 Å². The number of ether oxygens (including phenoxy) is 2. The van der Waals surface area contributed by atoms with E-state index in [1.165, 1.54) is 5.56 Å². The number of halogens is 1. The lowest BCUT2D eigenvalue weighted by atomic mass is 10.1. The molecule has 164 valence electrons. The number of aliphatic imine (C=N–C) groups is 1. The molecule has 6 nitrogen and oxygen atoms in total. The molecule has 2 saturated heterocycles. The number of nitrogens with one attached hydrogen (secondary N) is 1. The van der Waals surface area contributed by atoms with Crippen LogP contribution in [0.5, 0.6) is 0 Å². The molecule has 2 unspecified atom stereocenters. The summed E-state index contributed by atoms with van der Waals surface area (Å²) in [7, 11) is 0. The topological polar surface area (TPSA) is 49.3 Å². The number of likely N-dealkylation sites (tertiary alicyclic amines) is 1. The van der Waals surface area contributed by atoms with E-state index in [-0.39, 0.29) is 24.0 Å². The number of hydrogen-bond donors (Lipinski definition) is 1. The molecule has 29 heavy (non-hydrogen) atoms. The minimum absolute atomic E-state index is 0. The van der Waals surface area contributed by atoms with Gasteiger partial charge in [0.05, 0.1) is 33.0 Å². The maximum absolute atomic E-state index is 5.96. The predicted molar refractivity (Wildman–Crippen MR) is 129 cm³/mol. The van der Waals surface area contributed by atoms with Crippen molar-refractivity contribution in [3.63, 3.8) is 0 Å². The molecule has 2 atom stereocenters. The highest BCUT2D eigenvalue weighted by Crippen LogP contribution is 2.17. The van der Waals surface area contributed by atoms with Gasteiger partial charge in [-0.05, 0) is 25.8 Å². The zero-order valence-electron chi connectivity index (χ0n) is 17.9. The Bertz CT molecular complexity index is 596. The van der Waals surface area contributed by atoms with Crippen molar-refractivity contribution in [1.82, 2.24) is 15.1 Å². The summed E-state index contributed by atoms with van der Waals surface area (Å²) in [6, 6.07) is 10.9. The average Bonchev–Trinajstić information content (AvgIpc) is 3.21. The first-order valence-electron chi connectivity index (χ1n) is 10.7. The number of hydrogen-bond acceptors (Lipinski definition) is 4. The molecule has 2 aliphatic rings. The van der Waals surface area contributed by atoms with Gasteiger partial charge in [0.25, 0.3) is 0 Å². The van der Waals surface area contributed by atoms with E-state index in [2.05, 4.69) is 53.2 Å². The second kappa shape index (κ2) is 13.4. The lowest BCUT2D eigenvalue weighted by molar-refractivity contribution is 0.0220. The fourth-order valence-electron chi connectivity index (χ4n) is 3.86. The van der Waals surface area contributed by atoms with E-state index in [9.17, 15) is 0 Å². The molecule has 2 fully saturated rings. The van der Waals surface area contributed by atoms with E-state index < -0.39 is 0 Å². The molecule has 0 spiro atoms. The average molecular weight is 516 g/mol. The Morgan fingerprint density at radius 1 is 1.24 bits per heavy atom. The highest BCUT2D eigenvalue weighted by Gasteiger charge is 2.25. The summed E-state index contributed by atoms with van der Waals surface area (Å²) < 4.78 is 11.4. The first-order valence-corrected chi connectivity index (χ1v) is 10.7. The second-order valence-corrected chi connectivity index (χ2v) is 7.79. The third-order valence-corrected chi connectivity index (χ3v) is 5.56. The number of benzene rings is 1. The smallest absolute Gasteiger partial charge is 0.193 e. The van der Waals surface area contributed by atoms with Gasteiger partial charge in [0.2, 0.25) is 0 Å². The zero-order chi connectivity index (χ0) is 19.6. The molecule has 7 heteroatoms. The van der Waals surface area contributed by atoms with Crippen molar-refractivity contribution in [1.29, 1.82) is 0 Å². The summed E-state index contributed by atoms with van der Waals surface area (Å²) in [5.41, 5.74) is 1.24. The molecular formula is C22H37IN4O2. The van der Waals surface area contributed by atoms with Gasteiger partial charge in [0.1, 0.15) is 0 Å². The van der Waals surface area contributed by atoms with E-state index in [0.717, 1.165) is 71.5 Å². The van der Waals surface area contributed by atoms with E-state index >= 15 is 0 Å². The minimum Gasteiger partial charge on any atom is -0.379 e. The maximum Gasteiger partial charge on any atom is 0.193 e. The van der Waals surface area contributed by atoms with Crippen molar-refractivity contribution in [2.75, 3.05) is 59.1 Å². The number of nitrogens with zero attached hydrogens (tertiary/aromatic N) is 3. The van der Waals surface area contributed by atoms with Crippen molar-refractivity contribution < 1.29 is 9.47 Å². The number of guanidine groups is 1. The third kappa shape index (κ3) is 8.03. The van der Waals surface area contributed by atoms with Crippen molar-refractivity contribution in [3.8, 4) is 0 Å². The summed E-state index contributed by atoms with van der Waals surface area (Å²) in [5.74, 6) is 1.62. The van der Waals surface area contributed by atoms with E-state index in [1.807, 2.05) is 6.07 Å². The molecule has 1 aromatic carbocycles. The molecule has 0 amide bonds. The van der Waals surface area contributed by atoms with Crippen LogP contribution < -0.4 is 5.32 Å². The zero-order valence-corrected chi connectivity index (χ0v) is 20.2. The molecular weight excluding hydrogens is 479 g/mol. The molecule has 1 aromatic rings. The number of morpholine rings is 1. The molecule has 2 aliphatic heterocycles. The number of rotatable bonds is 8. The Balaban J connectivity index is 0.00000300. The molecule has 0 aromatic heterocycles. The Morgan fingerprint density at radius 2 is 2.00 bits per heavy atom. The van der Waals surface area contributed by atoms with Crippen LogP contribution in [0.4, 0.5) is 0 Å². The minimum atomic E-state index is 0. The molecule has 2 heterocycles. The Morgan fingerprint density at radius 3 is 2.72 bits per heavy atom. The Hall–Kier alpha value is -0.900. The van der Waals surface area contributed by atoms with Gasteiger partial charge in [-0.15, -0.1) is 24.0 Å². The largest absolute Gasteiger partial charge is 0.379 e. The van der Waals surface area contributed by atoms with Gasteiger partial charge in [-0.25, -0.2) is 0 Å². The van der Waals surface area contributed by atoms with Gasteiger partial charge < -0.3 is 19.7 Å². The summed E-state index contributed by atoms with van der Waals surface area (Å²) in [4.78, 5) is 9.81. The molecule has 3 rings (SSSR count).